The summed E-state index contributed by atoms with van der Waals surface area (Å²) < 4.78 is 1.12. The van der Waals surface area contributed by atoms with Gasteiger partial charge in [0.1, 0.15) is 0 Å². The van der Waals surface area contributed by atoms with Crippen LogP contribution in [0.5, 0.6) is 0 Å². The number of aliphatic hydroxyl groups is 1. The quantitative estimate of drug-likeness (QED) is 0.808. The molecule has 0 amide bonds. The lowest BCUT2D eigenvalue weighted by molar-refractivity contribution is 0.288. The van der Waals surface area contributed by atoms with Crippen molar-refractivity contribution >= 4 is 26.7 Å². The van der Waals surface area contributed by atoms with Crippen molar-refractivity contribution in [3.05, 3.63) is 23.8 Å². The fraction of sp³-hybridized carbons (Fsp3) is 0.300. The lowest BCUT2D eigenvalue weighted by Gasteiger charge is -1.98. The van der Waals surface area contributed by atoms with Gasteiger partial charge in [-0.3, -0.25) is 0 Å². The summed E-state index contributed by atoms with van der Waals surface area (Å²) in [5, 5.41) is 9.33. The maximum absolute atomic E-state index is 8.72. The van der Waals surface area contributed by atoms with E-state index in [4.69, 9.17) is 10.8 Å². The number of benzene rings is 1. The molecule has 74 valence electrons. The van der Waals surface area contributed by atoms with E-state index < -0.39 is 0 Å². The standard InChI is InChI=1S/C10H12N2OS/c11-10-12-8-4-3-7(2-1-5-13)6-9(8)14-10/h3-4,6,13H,1-2,5H2,(H2,11,12). The first-order valence-electron chi connectivity index (χ1n) is 4.55. The van der Waals surface area contributed by atoms with E-state index >= 15 is 0 Å². The maximum Gasteiger partial charge on any atom is 0.181 e. The number of rotatable bonds is 3. The van der Waals surface area contributed by atoms with Crippen molar-refractivity contribution in [1.29, 1.82) is 0 Å². The molecule has 0 bridgehead atoms. The molecule has 0 unspecified atom stereocenters. The van der Waals surface area contributed by atoms with Crippen LogP contribution in [0.1, 0.15) is 12.0 Å². The Balaban J connectivity index is 2.31. The molecule has 4 heteroatoms. The summed E-state index contributed by atoms with van der Waals surface area (Å²) in [6, 6.07) is 6.12. The summed E-state index contributed by atoms with van der Waals surface area (Å²) in [7, 11) is 0. The Labute approximate surface area is 86.2 Å². The topological polar surface area (TPSA) is 59.1 Å². The highest BCUT2D eigenvalue weighted by molar-refractivity contribution is 7.22. The van der Waals surface area contributed by atoms with Crippen molar-refractivity contribution in [2.75, 3.05) is 12.3 Å². The number of fused-ring (bicyclic) bond motifs is 1. The lowest BCUT2D eigenvalue weighted by atomic mass is 10.1. The zero-order valence-electron chi connectivity index (χ0n) is 7.73. The van der Waals surface area contributed by atoms with Gasteiger partial charge in [-0.25, -0.2) is 4.98 Å². The van der Waals surface area contributed by atoms with Crippen LogP contribution in [0.15, 0.2) is 18.2 Å². The molecular formula is C10H12N2OS. The van der Waals surface area contributed by atoms with Crippen LogP contribution in [-0.2, 0) is 6.42 Å². The van der Waals surface area contributed by atoms with Crippen molar-refractivity contribution in [2.45, 2.75) is 12.8 Å². The molecule has 0 radical (unpaired) electrons. The van der Waals surface area contributed by atoms with E-state index in [0.717, 1.165) is 23.1 Å². The van der Waals surface area contributed by atoms with Crippen molar-refractivity contribution in [2.24, 2.45) is 0 Å². The van der Waals surface area contributed by atoms with Crippen molar-refractivity contribution in [3.63, 3.8) is 0 Å². The van der Waals surface area contributed by atoms with E-state index in [1.165, 1.54) is 16.9 Å². The van der Waals surface area contributed by atoms with Crippen LogP contribution in [0, 0.1) is 0 Å². The third-order valence-corrected chi connectivity index (χ3v) is 2.94. The average molecular weight is 208 g/mol. The average Bonchev–Trinajstić information content (AvgIpc) is 2.54. The lowest BCUT2D eigenvalue weighted by Crippen LogP contribution is -1.88. The molecule has 1 aromatic heterocycles. The van der Waals surface area contributed by atoms with Gasteiger partial charge in [-0.1, -0.05) is 17.4 Å². The summed E-state index contributed by atoms with van der Waals surface area (Å²) in [6.45, 7) is 0.239. The molecule has 0 spiro atoms. The molecule has 0 atom stereocenters. The minimum Gasteiger partial charge on any atom is -0.396 e. The fourth-order valence-electron chi connectivity index (χ4n) is 1.43. The van der Waals surface area contributed by atoms with Gasteiger partial charge in [-0.05, 0) is 30.5 Å². The largest absolute Gasteiger partial charge is 0.396 e. The predicted molar refractivity (Wildman–Crippen MR) is 59.4 cm³/mol. The number of hydrogen-bond acceptors (Lipinski definition) is 4. The van der Waals surface area contributed by atoms with Gasteiger partial charge >= 0.3 is 0 Å². The van der Waals surface area contributed by atoms with Crippen LogP contribution < -0.4 is 5.73 Å². The highest BCUT2D eigenvalue weighted by atomic mass is 32.1. The Kier molecular flexibility index (Phi) is 2.65. The van der Waals surface area contributed by atoms with Gasteiger partial charge in [0.05, 0.1) is 10.2 Å². The molecule has 2 aromatic rings. The second-order valence-corrected chi connectivity index (χ2v) is 4.24. The van der Waals surface area contributed by atoms with Crippen LogP contribution in [0.3, 0.4) is 0 Å². The molecule has 0 saturated heterocycles. The van der Waals surface area contributed by atoms with Crippen LogP contribution in [0.4, 0.5) is 5.13 Å². The molecule has 0 aliphatic heterocycles. The van der Waals surface area contributed by atoms with Crippen molar-refractivity contribution in [3.8, 4) is 0 Å². The predicted octanol–water partition coefficient (Wildman–Crippen LogP) is 1.80. The summed E-state index contributed by atoms with van der Waals surface area (Å²) >= 11 is 1.50. The second-order valence-electron chi connectivity index (χ2n) is 3.18. The van der Waals surface area contributed by atoms with Gasteiger partial charge in [-0.2, -0.15) is 0 Å². The smallest absolute Gasteiger partial charge is 0.181 e. The Morgan fingerprint density at radius 2 is 2.29 bits per heavy atom. The molecule has 0 fully saturated rings. The number of aliphatic hydroxyl groups excluding tert-OH is 1. The third-order valence-electron chi connectivity index (χ3n) is 2.09. The van der Waals surface area contributed by atoms with Crippen molar-refractivity contribution in [1.82, 2.24) is 4.98 Å². The summed E-state index contributed by atoms with van der Waals surface area (Å²) in [5.74, 6) is 0. The second kappa shape index (κ2) is 3.94. The van der Waals surface area contributed by atoms with Crippen LogP contribution >= 0.6 is 11.3 Å². The fourth-order valence-corrected chi connectivity index (χ4v) is 2.22. The Morgan fingerprint density at radius 1 is 1.43 bits per heavy atom. The Bertz CT molecular complexity index is 439. The first-order chi connectivity index (χ1) is 6.79. The van der Waals surface area contributed by atoms with Gasteiger partial charge in [0.2, 0.25) is 0 Å². The normalized spacial score (nSPS) is 10.9. The Morgan fingerprint density at radius 3 is 3.07 bits per heavy atom. The number of nitrogen functional groups attached to an aromatic ring is 1. The number of hydrogen-bond donors (Lipinski definition) is 2. The molecule has 1 heterocycles. The minimum atomic E-state index is 0.239. The van der Waals surface area contributed by atoms with Gasteiger partial charge in [0.25, 0.3) is 0 Å². The van der Waals surface area contributed by atoms with E-state index in [-0.39, 0.29) is 6.61 Å². The molecule has 0 saturated carbocycles. The molecular weight excluding hydrogens is 196 g/mol. The molecule has 3 nitrogen and oxygen atoms in total. The number of nitrogens with two attached hydrogens (primary N) is 1. The zero-order valence-corrected chi connectivity index (χ0v) is 8.55. The van der Waals surface area contributed by atoms with E-state index in [2.05, 4.69) is 11.1 Å². The molecule has 2 rings (SSSR count). The summed E-state index contributed by atoms with van der Waals surface area (Å²) in [4.78, 5) is 4.18. The first-order valence-corrected chi connectivity index (χ1v) is 5.37. The van der Waals surface area contributed by atoms with Crippen molar-refractivity contribution < 1.29 is 5.11 Å². The Hall–Kier alpha value is -1.13. The summed E-state index contributed by atoms with van der Waals surface area (Å²) in [6.07, 6.45) is 1.71. The SMILES string of the molecule is Nc1nc2ccc(CCCO)cc2s1. The van der Waals surface area contributed by atoms with E-state index in [1.54, 1.807) is 0 Å². The number of aryl methyl sites for hydroxylation is 1. The highest BCUT2D eigenvalue weighted by Crippen LogP contribution is 2.24. The first kappa shape index (κ1) is 9.43. The minimum absolute atomic E-state index is 0.239. The highest BCUT2D eigenvalue weighted by Gasteiger charge is 2.01. The number of thiazole rings is 1. The van der Waals surface area contributed by atoms with E-state index in [0.29, 0.717) is 5.13 Å². The van der Waals surface area contributed by atoms with E-state index in [9.17, 15) is 0 Å². The zero-order chi connectivity index (χ0) is 9.97. The van der Waals surface area contributed by atoms with Crippen LogP contribution in [-0.4, -0.2) is 16.7 Å². The van der Waals surface area contributed by atoms with Gasteiger partial charge in [0, 0.05) is 6.61 Å². The molecule has 3 N–H and O–H groups in total. The number of nitrogens with zero attached hydrogens (tertiary/aromatic N) is 1. The van der Waals surface area contributed by atoms with Gasteiger partial charge < -0.3 is 10.8 Å². The monoisotopic (exact) mass is 208 g/mol. The third kappa shape index (κ3) is 1.86. The number of aromatic nitrogens is 1. The summed E-state index contributed by atoms with van der Waals surface area (Å²) in [5.41, 5.74) is 7.80. The van der Waals surface area contributed by atoms with E-state index in [1.807, 2.05) is 12.1 Å². The molecule has 14 heavy (non-hydrogen) atoms. The number of anilines is 1. The van der Waals surface area contributed by atoms with Gasteiger partial charge in [0.15, 0.2) is 5.13 Å². The molecule has 0 aliphatic carbocycles. The van der Waals surface area contributed by atoms with Gasteiger partial charge in [-0.15, -0.1) is 0 Å². The van der Waals surface area contributed by atoms with Crippen LogP contribution in [0.2, 0.25) is 0 Å². The molecule has 1 aromatic carbocycles. The van der Waals surface area contributed by atoms with Crippen LogP contribution in [0.25, 0.3) is 10.2 Å². The molecule has 0 aliphatic rings. The maximum atomic E-state index is 8.72.